The average Bonchev–Trinajstić information content (AvgIpc) is 2.80. The molecule has 0 saturated heterocycles. The highest BCUT2D eigenvalue weighted by Crippen LogP contribution is 2.27. The summed E-state index contributed by atoms with van der Waals surface area (Å²) in [6.45, 7) is 0.259. The van der Waals surface area contributed by atoms with Gasteiger partial charge in [-0.15, -0.1) is 0 Å². The van der Waals surface area contributed by atoms with Crippen LogP contribution in [-0.2, 0) is 6.61 Å². The first-order valence-corrected chi connectivity index (χ1v) is 10.6. The second-order valence-electron chi connectivity index (χ2n) is 7.22. The Morgan fingerprint density at radius 1 is 0.812 bits per heavy atom. The first-order chi connectivity index (χ1) is 15.6. The Kier molecular flexibility index (Phi) is 5.48. The van der Waals surface area contributed by atoms with Crippen molar-refractivity contribution in [2.24, 2.45) is 0 Å². The summed E-state index contributed by atoms with van der Waals surface area (Å²) < 4.78 is 17.3. The third-order valence-corrected chi connectivity index (χ3v) is 5.66. The van der Waals surface area contributed by atoms with Crippen LogP contribution in [0.4, 0.5) is 0 Å². The molecule has 158 valence electrons. The van der Waals surface area contributed by atoms with Gasteiger partial charge in [-0.1, -0.05) is 59.6 Å². The Morgan fingerprint density at radius 2 is 1.62 bits per heavy atom. The number of hydrogen-bond acceptors (Lipinski definition) is 4. The van der Waals surface area contributed by atoms with E-state index in [2.05, 4.69) is 0 Å². The van der Waals surface area contributed by atoms with Gasteiger partial charge in [0.25, 0.3) is 0 Å². The highest BCUT2D eigenvalue weighted by molar-refractivity contribution is 6.35. The number of benzene rings is 4. The molecular formula is C26H16Cl2O4. The molecule has 0 aliphatic carbocycles. The Bertz CT molecular complexity index is 1510. The molecule has 0 spiro atoms. The Morgan fingerprint density at radius 3 is 2.47 bits per heavy atom. The highest BCUT2D eigenvalue weighted by atomic mass is 35.5. The molecular weight excluding hydrogens is 447 g/mol. The van der Waals surface area contributed by atoms with Crippen molar-refractivity contribution in [1.82, 2.24) is 0 Å². The molecule has 4 nitrogen and oxygen atoms in total. The van der Waals surface area contributed by atoms with Crippen LogP contribution in [0.15, 0.2) is 94.3 Å². The maximum absolute atomic E-state index is 12.9. The zero-order chi connectivity index (χ0) is 22.1. The minimum absolute atomic E-state index is 0.120. The number of ether oxygens (including phenoxy) is 2. The van der Waals surface area contributed by atoms with Crippen LogP contribution < -0.4 is 14.9 Å². The second-order valence-corrected chi connectivity index (χ2v) is 8.07. The Labute approximate surface area is 193 Å². The number of rotatable bonds is 5. The molecule has 5 aromatic rings. The molecule has 32 heavy (non-hydrogen) atoms. The molecule has 5 rings (SSSR count). The quantitative estimate of drug-likeness (QED) is 0.269. The maximum atomic E-state index is 12.9. The van der Waals surface area contributed by atoms with Gasteiger partial charge in [0.05, 0.1) is 5.39 Å². The van der Waals surface area contributed by atoms with E-state index < -0.39 is 0 Å². The maximum Gasteiger partial charge on any atom is 0.235 e. The zero-order valence-electron chi connectivity index (χ0n) is 16.7. The lowest BCUT2D eigenvalue weighted by Crippen LogP contribution is -2.05. The Hall–Kier alpha value is -3.47. The fourth-order valence-electron chi connectivity index (χ4n) is 3.41. The number of hydrogen-bond donors (Lipinski definition) is 0. The van der Waals surface area contributed by atoms with Crippen LogP contribution >= 0.6 is 23.2 Å². The van der Waals surface area contributed by atoms with E-state index in [1.165, 1.54) is 6.26 Å². The van der Waals surface area contributed by atoms with Crippen LogP contribution in [0.2, 0.25) is 10.0 Å². The topological polar surface area (TPSA) is 48.7 Å². The predicted molar refractivity (Wildman–Crippen MR) is 127 cm³/mol. The summed E-state index contributed by atoms with van der Waals surface area (Å²) in [5.41, 5.74) is 0.948. The summed E-state index contributed by atoms with van der Waals surface area (Å²) >= 11 is 12.1. The molecule has 0 radical (unpaired) electrons. The van der Waals surface area contributed by atoms with Gasteiger partial charge >= 0.3 is 0 Å². The molecule has 0 aliphatic rings. The van der Waals surface area contributed by atoms with E-state index in [9.17, 15) is 4.79 Å². The fourth-order valence-corrected chi connectivity index (χ4v) is 3.87. The molecule has 1 heterocycles. The molecule has 0 amide bonds. The molecule has 0 bridgehead atoms. The average molecular weight is 463 g/mol. The minimum Gasteiger partial charge on any atom is -0.489 e. The third kappa shape index (κ3) is 4.15. The summed E-state index contributed by atoms with van der Waals surface area (Å²) in [7, 11) is 0. The zero-order valence-corrected chi connectivity index (χ0v) is 18.2. The fraction of sp³-hybridized carbons (Fsp3) is 0.0385. The Balaban J connectivity index is 1.38. The summed E-state index contributed by atoms with van der Waals surface area (Å²) in [6, 6.07) is 23.9. The smallest absolute Gasteiger partial charge is 0.235 e. The van der Waals surface area contributed by atoms with Crippen LogP contribution in [0, 0.1) is 0 Å². The van der Waals surface area contributed by atoms with Gasteiger partial charge in [0, 0.05) is 21.7 Å². The molecule has 4 aromatic carbocycles. The standard InChI is InChI=1S/C26H16Cl2O4/c27-19-7-5-18(23(28)12-19)14-30-20-9-10-22-24(13-20)31-15-25(26(22)29)32-21-8-6-16-3-1-2-4-17(16)11-21/h1-13,15H,14H2. The van der Waals surface area contributed by atoms with E-state index in [-0.39, 0.29) is 17.8 Å². The van der Waals surface area contributed by atoms with Crippen molar-refractivity contribution >= 4 is 44.9 Å². The lowest BCUT2D eigenvalue weighted by atomic mass is 10.1. The van der Waals surface area contributed by atoms with Gasteiger partial charge in [0.15, 0.2) is 0 Å². The van der Waals surface area contributed by atoms with E-state index in [4.69, 9.17) is 37.1 Å². The summed E-state index contributed by atoms with van der Waals surface area (Å²) in [6.07, 6.45) is 1.32. The van der Waals surface area contributed by atoms with Gasteiger partial charge in [-0.3, -0.25) is 4.79 Å². The number of fused-ring (bicyclic) bond motifs is 2. The van der Waals surface area contributed by atoms with Crippen LogP contribution in [0.25, 0.3) is 21.7 Å². The van der Waals surface area contributed by atoms with Crippen molar-refractivity contribution < 1.29 is 13.9 Å². The predicted octanol–water partition coefficient (Wildman–Crippen LogP) is 7.62. The summed E-state index contributed by atoms with van der Waals surface area (Å²) in [4.78, 5) is 12.9. The van der Waals surface area contributed by atoms with Gasteiger partial charge in [-0.2, -0.15) is 0 Å². The van der Waals surface area contributed by atoms with E-state index in [1.807, 2.05) is 48.5 Å². The highest BCUT2D eigenvalue weighted by Gasteiger charge is 2.11. The van der Waals surface area contributed by atoms with Crippen molar-refractivity contribution in [3.05, 3.63) is 111 Å². The van der Waals surface area contributed by atoms with Crippen LogP contribution in [0.3, 0.4) is 0 Å². The third-order valence-electron chi connectivity index (χ3n) is 5.07. The molecule has 0 fully saturated rings. The van der Waals surface area contributed by atoms with Crippen molar-refractivity contribution in [3.63, 3.8) is 0 Å². The van der Waals surface area contributed by atoms with Crippen molar-refractivity contribution in [2.45, 2.75) is 6.61 Å². The normalized spacial score (nSPS) is 11.1. The van der Waals surface area contributed by atoms with E-state index in [1.54, 1.807) is 30.3 Å². The van der Waals surface area contributed by atoms with Gasteiger partial charge in [-0.05, 0) is 47.2 Å². The first kappa shape index (κ1) is 20.4. The molecule has 0 atom stereocenters. The second kappa shape index (κ2) is 8.58. The van der Waals surface area contributed by atoms with E-state index in [0.717, 1.165) is 16.3 Å². The first-order valence-electron chi connectivity index (χ1n) is 9.86. The summed E-state index contributed by atoms with van der Waals surface area (Å²) in [5, 5.41) is 3.61. The molecule has 0 saturated carbocycles. The number of halogens is 2. The van der Waals surface area contributed by atoms with E-state index in [0.29, 0.717) is 32.5 Å². The summed E-state index contributed by atoms with van der Waals surface area (Å²) in [5.74, 6) is 1.24. The van der Waals surface area contributed by atoms with E-state index >= 15 is 0 Å². The van der Waals surface area contributed by atoms with Crippen molar-refractivity contribution in [2.75, 3.05) is 0 Å². The molecule has 0 N–H and O–H groups in total. The monoisotopic (exact) mass is 462 g/mol. The van der Waals surface area contributed by atoms with Crippen LogP contribution in [-0.4, -0.2) is 0 Å². The van der Waals surface area contributed by atoms with Gasteiger partial charge < -0.3 is 13.9 Å². The lowest BCUT2D eigenvalue weighted by Gasteiger charge is -2.10. The molecule has 1 aromatic heterocycles. The minimum atomic E-state index is -0.258. The SMILES string of the molecule is O=c1c(Oc2ccc3ccccc3c2)coc2cc(OCc3ccc(Cl)cc3Cl)ccc12. The van der Waals surface area contributed by atoms with Crippen LogP contribution in [0.1, 0.15) is 5.56 Å². The van der Waals surface area contributed by atoms with Crippen molar-refractivity contribution in [3.8, 4) is 17.2 Å². The van der Waals surface area contributed by atoms with Gasteiger partial charge in [0.1, 0.15) is 30.0 Å². The van der Waals surface area contributed by atoms with Crippen molar-refractivity contribution in [1.29, 1.82) is 0 Å². The molecule has 0 aliphatic heterocycles. The lowest BCUT2D eigenvalue weighted by molar-refractivity contribution is 0.306. The van der Waals surface area contributed by atoms with Crippen LogP contribution in [0.5, 0.6) is 17.2 Å². The largest absolute Gasteiger partial charge is 0.489 e. The van der Waals surface area contributed by atoms with Gasteiger partial charge in [0.2, 0.25) is 11.2 Å². The molecule has 0 unspecified atom stereocenters. The molecule has 6 heteroatoms. The van der Waals surface area contributed by atoms with Gasteiger partial charge in [-0.25, -0.2) is 0 Å².